The summed E-state index contributed by atoms with van der Waals surface area (Å²) in [6.45, 7) is 4.50. The first kappa shape index (κ1) is 21.2. The van der Waals surface area contributed by atoms with Gasteiger partial charge in [-0.15, -0.1) is 0 Å². The first-order valence-corrected chi connectivity index (χ1v) is 8.87. The molecule has 1 aromatic heterocycles. The Morgan fingerprint density at radius 3 is 2.11 bits per heavy atom. The van der Waals surface area contributed by atoms with E-state index in [1.807, 2.05) is 12.1 Å². The van der Waals surface area contributed by atoms with Crippen LogP contribution in [0.5, 0.6) is 11.5 Å². The van der Waals surface area contributed by atoms with Crippen LogP contribution in [0.3, 0.4) is 0 Å². The van der Waals surface area contributed by atoms with Gasteiger partial charge in [0.1, 0.15) is 11.5 Å². The molecule has 0 aliphatic heterocycles. The molecule has 0 fully saturated rings. The zero-order chi connectivity index (χ0) is 20.8. The van der Waals surface area contributed by atoms with Crippen LogP contribution in [0, 0.1) is 13.8 Å². The summed E-state index contributed by atoms with van der Waals surface area (Å²) in [5.74, 6) is 0.303. The van der Waals surface area contributed by atoms with Crippen molar-refractivity contribution in [3.05, 3.63) is 46.3 Å². The molecule has 150 valence electrons. The second-order valence-electron chi connectivity index (χ2n) is 6.49. The van der Waals surface area contributed by atoms with Gasteiger partial charge in [-0.2, -0.15) is 0 Å². The minimum Gasteiger partial charge on any atom is -0.497 e. The fraction of sp³-hybridized carbons (Fsp3) is 0.381. The Bertz CT molecular complexity index is 874. The number of hydrogen-bond donors (Lipinski definition) is 1. The summed E-state index contributed by atoms with van der Waals surface area (Å²) in [6, 6.07) is 5.38. The molecule has 0 saturated carbocycles. The second kappa shape index (κ2) is 9.21. The van der Waals surface area contributed by atoms with E-state index >= 15 is 0 Å². The number of aryl methyl sites for hydroxylation is 2. The zero-order valence-corrected chi connectivity index (χ0v) is 16.8. The van der Waals surface area contributed by atoms with Crippen LogP contribution >= 0.6 is 0 Å². The molecule has 0 amide bonds. The summed E-state index contributed by atoms with van der Waals surface area (Å²) < 4.78 is 15.5. The highest BCUT2D eigenvalue weighted by molar-refractivity contribution is 6.04. The Hall–Kier alpha value is -3.09. The molecule has 7 heteroatoms. The lowest BCUT2D eigenvalue weighted by atomic mass is 10.1. The molecule has 1 N–H and O–H groups in total. The largest absolute Gasteiger partial charge is 0.497 e. The smallest absolute Gasteiger partial charge is 0.306 e. The third-order valence-corrected chi connectivity index (χ3v) is 4.46. The van der Waals surface area contributed by atoms with Gasteiger partial charge in [0.15, 0.2) is 12.4 Å². The number of nitrogens with one attached hydrogen (secondary N) is 1. The molecule has 0 spiro atoms. The molecule has 28 heavy (non-hydrogen) atoms. The SMILES string of the molecule is COc1cc(CCC(=O)OCC(=O)c2[nH]c(C)c(C(C)=O)c2C)cc(OC)c1. The van der Waals surface area contributed by atoms with Crippen molar-refractivity contribution >= 4 is 17.5 Å². The van der Waals surface area contributed by atoms with E-state index in [0.29, 0.717) is 40.4 Å². The molecule has 2 aromatic rings. The van der Waals surface area contributed by atoms with Crippen molar-refractivity contribution in [1.82, 2.24) is 4.98 Å². The van der Waals surface area contributed by atoms with Crippen molar-refractivity contribution in [2.75, 3.05) is 20.8 Å². The highest BCUT2D eigenvalue weighted by Gasteiger charge is 2.20. The second-order valence-corrected chi connectivity index (χ2v) is 6.49. The van der Waals surface area contributed by atoms with Crippen molar-refractivity contribution in [3.8, 4) is 11.5 Å². The number of benzene rings is 1. The summed E-state index contributed by atoms with van der Waals surface area (Å²) in [7, 11) is 3.11. The highest BCUT2D eigenvalue weighted by atomic mass is 16.5. The molecule has 0 aliphatic rings. The summed E-state index contributed by atoms with van der Waals surface area (Å²) in [4.78, 5) is 38.9. The number of carbonyl (C=O) groups is 3. The van der Waals surface area contributed by atoms with Crippen LogP contribution in [0.2, 0.25) is 0 Å². The van der Waals surface area contributed by atoms with Gasteiger partial charge < -0.3 is 19.2 Å². The molecule has 1 aromatic carbocycles. The molecule has 0 radical (unpaired) electrons. The van der Waals surface area contributed by atoms with Gasteiger partial charge in [-0.05, 0) is 50.5 Å². The normalized spacial score (nSPS) is 10.5. The fourth-order valence-corrected chi connectivity index (χ4v) is 3.10. The Labute approximate surface area is 164 Å². The quantitative estimate of drug-likeness (QED) is 0.524. The van der Waals surface area contributed by atoms with Crippen molar-refractivity contribution in [1.29, 1.82) is 0 Å². The summed E-state index contributed by atoms with van der Waals surface area (Å²) in [6.07, 6.45) is 0.542. The number of methoxy groups -OCH3 is 2. The zero-order valence-electron chi connectivity index (χ0n) is 16.8. The van der Waals surface area contributed by atoms with E-state index in [1.54, 1.807) is 34.1 Å². The first-order chi connectivity index (χ1) is 13.3. The lowest BCUT2D eigenvalue weighted by molar-refractivity contribution is -0.142. The van der Waals surface area contributed by atoms with Crippen LogP contribution in [0.15, 0.2) is 18.2 Å². The van der Waals surface area contributed by atoms with Crippen LogP contribution < -0.4 is 9.47 Å². The van der Waals surface area contributed by atoms with Crippen LogP contribution in [0.4, 0.5) is 0 Å². The number of H-pyrrole nitrogens is 1. The average Bonchev–Trinajstić information content (AvgIpc) is 2.98. The van der Waals surface area contributed by atoms with E-state index in [-0.39, 0.29) is 24.6 Å². The first-order valence-electron chi connectivity index (χ1n) is 8.87. The van der Waals surface area contributed by atoms with Crippen molar-refractivity contribution in [2.45, 2.75) is 33.6 Å². The van der Waals surface area contributed by atoms with E-state index in [2.05, 4.69) is 4.98 Å². The summed E-state index contributed by atoms with van der Waals surface area (Å²) >= 11 is 0. The van der Waals surface area contributed by atoms with Gasteiger partial charge >= 0.3 is 5.97 Å². The molecule has 0 bridgehead atoms. The number of ether oxygens (including phenoxy) is 3. The van der Waals surface area contributed by atoms with Gasteiger partial charge in [-0.3, -0.25) is 14.4 Å². The third kappa shape index (κ3) is 5.00. The van der Waals surface area contributed by atoms with E-state index < -0.39 is 5.97 Å². The molecule has 0 saturated heterocycles. The van der Waals surface area contributed by atoms with E-state index in [0.717, 1.165) is 5.56 Å². The number of rotatable bonds is 9. The Morgan fingerprint density at radius 1 is 1.00 bits per heavy atom. The maximum absolute atomic E-state index is 12.3. The van der Waals surface area contributed by atoms with Gasteiger partial charge in [0.2, 0.25) is 5.78 Å². The summed E-state index contributed by atoms with van der Waals surface area (Å²) in [5.41, 5.74) is 2.87. The number of carbonyl (C=O) groups excluding carboxylic acids is 3. The van der Waals surface area contributed by atoms with E-state index in [1.165, 1.54) is 6.92 Å². The molecular formula is C21H25NO6. The van der Waals surface area contributed by atoms with E-state index in [9.17, 15) is 14.4 Å². The van der Waals surface area contributed by atoms with Gasteiger partial charge in [0, 0.05) is 23.7 Å². The average molecular weight is 387 g/mol. The van der Waals surface area contributed by atoms with Gasteiger partial charge in [-0.1, -0.05) is 0 Å². The maximum Gasteiger partial charge on any atom is 0.306 e. The number of hydrogen-bond acceptors (Lipinski definition) is 6. The van der Waals surface area contributed by atoms with Crippen LogP contribution in [0.1, 0.15) is 51.0 Å². The highest BCUT2D eigenvalue weighted by Crippen LogP contribution is 2.23. The number of esters is 1. The van der Waals surface area contributed by atoms with E-state index in [4.69, 9.17) is 14.2 Å². The molecule has 7 nitrogen and oxygen atoms in total. The monoisotopic (exact) mass is 387 g/mol. The number of aromatic amines is 1. The lowest BCUT2D eigenvalue weighted by Gasteiger charge is -2.08. The van der Waals surface area contributed by atoms with Crippen LogP contribution in [0.25, 0.3) is 0 Å². The maximum atomic E-state index is 12.3. The Kier molecular flexibility index (Phi) is 6.98. The number of ketones is 2. The van der Waals surface area contributed by atoms with Crippen molar-refractivity contribution in [2.24, 2.45) is 0 Å². The summed E-state index contributed by atoms with van der Waals surface area (Å²) in [5, 5.41) is 0. The minimum atomic E-state index is -0.483. The Morgan fingerprint density at radius 2 is 1.61 bits per heavy atom. The number of aromatic nitrogens is 1. The molecule has 0 unspecified atom stereocenters. The molecule has 0 aliphatic carbocycles. The molecule has 1 heterocycles. The van der Waals surface area contributed by atoms with Gasteiger partial charge in [0.05, 0.1) is 19.9 Å². The van der Waals surface area contributed by atoms with Crippen molar-refractivity contribution < 1.29 is 28.6 Å². The van der Waals surface area contributed by atoms with Crippen molar-refractivity contribution in [3.63, 3.8) is 0 Å². The predicted octanol–water partition coefficient (Wildman–Crippen LogP) is 3.21. The molecule has 2 rings (SSSR count). The molecule has 0 atom stereocenters. The predicted molar refractivity (Wildman–Crippen MR) is 103 cm³/mol. The minimum absolute atomic E-state index is 0.115. The third-order valence-electron chi connectivity index (χ3n) is 4.46. The van der Waals surface area contributed by atoms with Gasteiger partial charge in [0.25, 0.3) is 0 Å². The fourth-order valence-electron chi connectivity index (χ4n) is 3.10. The number of Topliss-reactive ketones (excluding diaryl/α,β-unsaturated/α-hetero) is 2. The van der Waals surface area contributed by atoms with Gasteiger partial charge in [-0.25, -0.2) is 0 Å². The van der Waals surface area contributed by atoms with Crippen LogP contribution in [-0.2, 0) is 16.0 Å². The molecular weight excluding hydrogens is 362 g/mol. The Balaban J connectivity index is 1.93. The van der Waals surface area contributed by atoms with Crippen LogP contribution in [-0.4, -0.2) is 43.3 Å². The lowest BCUT2D eigenvalue weighted by Crippen LogP contribution is -2.15. The standard InChI is InChI=1S/C21H25NO6/c1-12-20(14(3)23)13(2)22-21(12)18(24)11-28-19(25)7-6-15-8-16(26-4)10-17(9-15)27-5/h8-10,22H,6-7,11H2,1-5H3. The topological polar surface area (TPSA) is 94.7 Å².